The number of alkyl halides is 3. The van der Waals surface area contributed by atoms with Gasteiger partial charge in [0.15, 0.2) is 9.84 Å². The molecule has 1 rings (SSSR count). The molecule has 1 aliphatic heterocycles. The van der Waals surface area contributed by atoms with Gasteiger partial charge in [0.25, 0.3) is 0 Å². The van der Waals surface area contributed by atoms with Crippen molar-refractivity contribution in [2.24, 2.45) is 0 Å². The van der Waals surface area contributed by atoms with Gasteiger partial charge in [0.2, 0.25) is 0 Å². The van der Waals surface area contributed by atoms with Crippen molar-refractivity contribution in [3.63, 3.8) is 0 Å². The molecular formula is C6H8F3NO3S. The molecule has 0 atom stereocenters. The first-order chi connectivity index (χ1) is 6.22. The topological polar surface area (TPSA) is 54.5 Å². The molecule has 0 N–H and O–H groups in total. The highest BCUT2D eigenvalue weighted by molar-refractivity contribution is 7.91. The zero-order chi connectivity index (χ0) is 11.0. The summed E-state index contributed by atoms with van der Waals surface area (Å²) in [5.74, 6) is -2.75. The van der Waals surface area contributed by atoms with E-state index in [1.807, 2.05) is 0 Å². The van der Waals surface area contributed by atoms with E-state index in [4.69, 9.17) is 0 Å². The highest BCUT2D eigenvalue weighted by Gasteiger charge is 2.43. The first-order valence-corrected chi connectivity index (χ1v) is 5.61. The Hall–Kier alpha value is -0.790. The van der Waals surface area contributed by atoms with Crippen LogP contribution < -0.4 is 0 Å². The quantitative estimate of drug-likeness (QED) is 0.580. The predicted octanol–water partition coefficient (Wildman–Crippen LogP) is -0.194. The van der Waals surface area contributed by atoms with Gasteiger partial charge >= 0.3 is 12.1 Å². The van der Waals surface area contributed by atoms with Crippen molar-refractivity contribution in [3.8, 4) is 0 Å². The maximum atomic E-state index is 11.9. The van der Waals surface area contributed by atoms with E-state index < -0.39 is 33.4 Å². The van der Waals surface area contributed by atoms with Crippen molar-refractivity contribution in [3.05, 3.63) is 0 Å². The van der Waals surface area contributed by atoms with Crippen LogP contribution in [0.15, 0.2) is 0 Å². The fourth-order valence-electron chi connectivity index (χ4n) is 1.09. The fourth-order valence-corrected chi connectivity index (χ4v) is 2.30. The van der Waals surface area contributed by atoms with Crippen LogP contribution in [0.2, 0.25) is 0 Å². The minimum absolute atomic E-state index is 0.374. The number of hydrogen-bond donors (Lipinski definition) is 0. The zero-order valence-corrected chi connectivity index (χ0v) is 7.86. The number of sulfone groups is 1. The van der Waals surface area contributed by atoms with Gasteiger partial charge in [0.05, 0.1) is 11.5 Å². The molecule has 4 nitrogen and oxygen atoms in total. The lowest BCUT2D eigenvalue weighted by Gasteiger charge is -2.27. The summed E-state index contributed by atoms with van der Waals surface area (Å²) in [4.78, 5) is 11.2. The molecule has 0 radical (unpaired) electrons. The van der Waals surface area contributed by atoms with Crippen molar-refractivity contribution in [1.82, 2.24) is 4.90 Å². The average molecular weight is 231 g/mol. The van der Waals surface area contributed by atoms with Gasteiger partial charge in [0.1, 0.15) is 0 Å². The van der Waals surface area contributed by atoms with Crippen LogP contribution >= 0.6 is 0 Å². The van der Waals surface area contributed by atoms with Gasteiger partial charge in [-0.3, -0.25) is 4.79 Å². The van der Waals surface area contributed by atoms with Crippen molar-refractivity contribution in [1.29, 1.82) is 0 Å². The van der Waals surface area contributed by atoms with E-state index in [9.17, 15) is 26.4 Å². The van der Waals surface area contributed by atoms with Gasteiger partial charge in [0, 0.05) is 13.1 Å². The Labute approximate surface area is 78.6 Å². The first kappa shape index (κ1) is 11.3. The van der Waals surface area contributed by atoms with E-state index >= 15 is 0 Å². The van der Waals surface area contributed by atoms with Crippen LogP contribution in [0.4, 0.5) is 13.2 Å². The van der Waals surface area contributed by atoms with Crippen LogP contribution in [0.1, 0.15) is 0 Å². The number of nitrogens with zero attached hydrogens (tertiary/aromatic N) is 1. The van der Waals surface area contributed by atoms with Crippen molar-refractivity contribution in [2.75, 3.05) is 24.6 Å². The third-order valence-corrected chi connectivity index (χ3v) is 3.48. The molecule has 0 aromatic heterocycles. The van der Waals surface area contributed by atoms with E-state index in [-0.39, 0.29) is 13.1 Å². The molecule has 0 unspecified atom stereocenters. The van der Waals surface area contributed by atoms with E-state index in [1.165, 1.54) is 0 Å². The molecule has 1 amide bonds. The van der Waals surface area contributed by atoms with Crippen LogP contribution in [0.25, 0.3) is 0 Å². The van der Waals surface area contributed by atoms with E-state index in [0.29, 0.717) is 4.90 Å². The molecule has 14 heavy (non-hydrogen) atoms. The number of halogens is 3. The third-order valence-electron chi connectivity index (χ3n) is 1.87. The highest BCUT2D eigenvalue weighted by atomic mass is 32.2. The van der Waals surface area contributed by atoms with Gasteiger partial charge in [-0.1, -0.05) is 0 Å². The first-order valence-electron chi connectivity index (χ1n) is 3.79. The van der Waals surface area contributed by atoms with Crippen molar-refractivity contribution < 1.29 is 26.4 Å². The lowest BCUT2D eigenvalue weighted by molar-refractivity contribution is -0.185. The molecule has 0 aromatic carbocycles. The zero-order valence-electron chi connectivity index (χ0n) is 7.04. The molecule has 0 saturated carbocycles. The number of rotatable bonds is 0. The Morgan fingerprint density at radius 3 is 1.93 bits per heavy atom. The predicted molar refractivity (Wildman–Crippen MR) is 41.3 cm³/mol. The second-order valence-corrected chi connectivity index (χ2v) is 5.25. The van der Waals surface area contributed by atoms with Gasteiger partial charge < -0.3 is 4.90 Å². The number of carbonyl (C=O) groups is 1. The van der Waals surface area contributed by atoms with Crippen LogP contribution in [-0.2, 0) is 14.6 Å². The average Bonchev–Trinajstić information content (AvgIpc) is 2.01. The molecule has 1 aliphatic rings. The Morgan fingerprint density at radius 2 is 1.57 bits per heavy atom. The summed E-state index contributed by atoms with van der Waals surface area (Å²) in [7, 11) is -3.26. The SMILES string of the molecule is O=C(N1CCS(=O)(=O)CC1)C(F)(F)F. The normalized spacial score (nSPS) is 22.1. The smallest absolute Gasteiger partial charge is 0.333 e. The van der Waals surface area contributed by atoms with Crippen LogP contribution in [0.3, 0.4) is 0 Å². The van der Waals surface area contributed by atoms with Crippen LogP contribution in [-0.4, -0.2) is 50.0 Å². The molecule has 0 bridgehead atoms. The van der Waals surface area contributed by atoms with Gasteiger partial charge in [-0.15, -0.1) is 0 Å². The number of hydrogen-bond acceptors (Lipinski definition) is 3. The molecule has 1 saturated heterocycles. The molecular weight excluding hydrogens is 223 g/mol. The molecule has 0 aromatic rings. The van der Waals surface area contributed by atoms with Crippen molar-refractivity contribution in [2.45, 2.75) is 6.18 Å². The molecule has 0 spiro atoms. The minimum Gasteiger partial charge on any atom is -0.333 e. The number of carbonyl (C=O) groups excluding carboxylic acids is 1. The second kappa shape index (κ2) is 3.41. The summed E-state index contributed by atoms with van der Waals surface area (Å²) >= 11 is 0. The third kappa shape index (κ3) is 2.60. The van der Waals surface area contributed by atoms with Gasteiger partial charge in [-0.05, 0) is 0 Å². The van der Waals surface area contributed by atoms with Crippen molar-refractivity contribution >= 4 is 15.7 Å². The largest absolute Gasteiger partial charge is 0.471 e. The second-order valence-electron chi connectivity index (χ2n) is 2.94. The Morgan fingerprint density at radius 1 is 1.14 bits per heavy atom. The van der Waals surface area contributed by atoms with E-state index in [2.05, 4.69) is 0 Å². The van der Waals surface area contributed by atoms with E-state index in [0.717, 1.165) is 0 Å². The molecule has 82 valence electrons. The summed E-state index contributed by atoms with van der Waals surface area (Å²) in [6.07, 6.45) is -4.92. The maximum Gasteiger partial charge on any atom is 0.471 e. The minimum atomic E-state index is -4.92. The lowest BCUT2D eigenvalue weighted by atomic mass is 10.4. The summed E-state index contributed by atoms with van der Waals surface area (Å²) in [6, 6.07) is 0. The maximum absolute atomic E-state index is 11.9. The highest BCUT2D eigenvalue weighted by Crippen LogP contribution is 2.19. The molecule has 8 heteroatoms. The summed E-state index contributed by atoms with van der Waals surface area (Å²) in [5, 5.41) is 0. The molecule has 0 aliphatic carbocycles. The van der Waals surface area contributed by atoms with Crippen LogP contribution in [0, 0.1) is 0 Å². The summed E-state index contributed by atoms with van der Waals surface area (Å²) in [6.45, 7) is -0.749. The molecule has 1 heterocycles. The summed E-state index contributed by atoms with van der Waals surface area (Å²) < 4.78 is 57.4. The monoisotopic (exact) mass is 231 g/mol. The van der Waals surface area contributed by atoms with Gasteiger partial charge in [-0.25, -0.2) is 8.42 Å². The Kier molecular flexibility index (Phi) is 2.75. The van der Waals surface area contributed by atoms with Gasteiger partial charge in [-0.2, -0.15) is 13.2 Å². The summed E-state index contributed by atoms with van der Waals surface area (Å²) in [5.41, 5.74) is 0. The lowest BCUT2D eigenvalue weighted by Crippen LogP contribution is -2.48. The molecule has 1 fully saturated rings. The van der Waals surface area contributed by atoms with Crippen LogP contribution in [0.5, 0.6) is 0 Å². The Bertz CT molecular complexity index is 321. The Balaban J connectivity index is 2.63. The van der Waals surface area contributed by atoms with E-state index in [1.54, 1.807) is 0 Å². The standard InChI is InChI=1S/C6H8F3NO3S/c7-6(8,9)5(11)10-1-3-14(12,13)4-2-10/h1-4H2. The fraction of sp³-hybridized carbons (Fsp3) is 0.833. The number of amides is 1.